The molecule has 0 saturated carbocycles. The molecule has 31 heavy (non-hydrogen) atoms. The number of carboxylic acid groups (broad SMARTS) is 1. The summed E-state index contributed by atoms with van der Waals surface area (Å²) in [7, 11) is 0. The van der Waals surface area contributed by atoms with Crippen molar-refractivity contribution in [3.05, 3.63) is 46.8 Å². The molecule has 9 N–H and O–H groups in total. The van der Waals surface area contributed by atoms with Gasteiger partial charge in [0.25, 0.3) is 5.56 Å². The molecule has 0 fully saturated rings. The summed E-state index contributed by atoms with van der Waals surface area (Å²) in [6.45, 7) is 1.84. The maximum Gasteiger partial charge on any atom is 0.322 e. The molecule has 1 aromatic heterocycles. The molecule has 162 valence electrons. The number of aliphatic carboxylic acids is 1. The maximum absolute atomic E-state index is 12.1. The van der Waals surface area contributed by atoms with Gasteiger partial charge in [-0.1, -0.05) is 12.1 Å². The Hall–Kier alpha value is -4.25. The minimum Gasteiger partial charge on any atom is -0.506 e. The Balaban J connectivity index is 2.06. The number of H-pyrrole nitrogens is 1. The number of carboxylic acids is 1. The summed E-state index contributed by atoms with van der Waals surface area (Å²) in [5, 5.41) is 21.5. The third-order valence-corrected chi connectivity index (χ3v) is 4.39. The topological polar surface area (TPSA) is 189 Å². The van der Waals surface area contributed by atoms with Crippen molar-refractivity contribution in [1.82, 2.24) is 9.97 Å². The van der Waals surface area contributed by atoms with Crippen LogP contribution in [0, 0.1) is 0 Å². The molecule has 0 amide bonds. The van der Waals surface area contributed by atoms with Gasteiger partial charge in [-0.05, 0) is 42.3 Å². The molecule has 0 radical (unpaired) electrons. The summed E-state index contributed by atoms with van der Waals surface area (Å²) < 4.78 is 5.74. The van der Waals surface area contributed by atoms with Crippen LogP contribution in [-0.4, -0.2) is 39.3 Å². The number of rotatable bonds is 8. The second-order valence-electron chi connectivity index (χ2n) is 6.44. The highest BCUT2D eigenvalue weighted by Gasteiger charge is 2.15. The predicted octanol–water partition coefficient (Wildman–Crippen LogP) is 1.57. The SMILES string of the molecule is CCOc1cc(-c2ccc(O)c(NCC(=O)O)c2)ccc1-c1nc(NN)c(N)c(=O)[nH]1. The van der Waals surface area contributed by atoms with E-state index in [-0.39, 0.29) is 35.3 Å². The highest BCUT2D eigenvalue weighted by atomic mass is 16.5. The van der Waals surface area contributed by atoms with Crippen molar-refractivity contribution >= 4 is 23.2 Å². The average molecular weight is 426 g/mol. The number of hydrogen-bond donors (Lipinski definition) is 7. The molecule has 0 saturated heterocycles. The zero-order valence-electron chi connectivity index (χ0n) is 16.6. The van der Waals surface area contributed by atoms with E-state index in [9.17, 15) is 14.7 Å². The van der Waals surface area contributed by atoms with E-state index in [1.54, 1.807) is 30.3 Å². The number of aromatic hydroxyl groups is 1. The molecule has 2 aromatic carbocycles. The minimum absolute atomic E-state index is 0.0398. The average Bonchev–Trinajstić information content (AvgIpc) is 2.75. The lowest BCUT2D eigenvalue weighted by Gasteiger charge is -2.14. The van der Waals surface area contributed by atoms with Gasteiger partial charge in [-0.15, -0.1) is 0 Å². The molecule has 11 heteroatoms. The van der Waals surface area contributed by atoms with Gasteiger partial charge in [0.05, 0.1) is 17.9 Å². The first kappa shape index (κ1) is 21.5. The van der Waals surface area contributed by atoms with Crippen LogP contribution < -0.4 is 32.6 Å². The Morgan fingerprint density at radius 3 is 2.61 bits per heavy atom. The summed E-state index contributed by atoms with van der Waals surface area (Å²) in [6.07, 6.45) is 0. The van der Waals surface area contributed by atoms with E-state index < -0.39 is 11.5 Å². The quantitative estimate of drug-likeness (QED) is 0.158. The molecule has 0 aliphatic rings. The molecule has 0 unspecified atom stereocenters. The van der Waals surface area contributed by atoms with Crippen LogP contribution in [-0.2, 0) is 4.79 Å². The number of hydrazine groups is 1. The fourth-order valence-electron chi connectivity index (χ4n) is 2.92. The molecule has 3 aromatic rings. The van der Waals surface area contributed by atoms with E-state index in [1.807, 2.05) is 6.92 Å². The van der Waals surface area contributed by atoms with Crippen LogP contribution >= 0.6 is 0 Å². The van der Waals surface area contributed by atoms with Crippen LogP contribution in [0.5, 0.6) is 11.5 Å². The van der Waals surface area contributed by atoms with Crippen LogP contribution in [0.4, 0.5) is 17.2 Å². The Morgan fingerprint density at radius 2 is 1.94 bits per heavy atom. The summed E-state index contributed by atoms with van der Waals surface area (Å²) in [5.41, 5.74) is 9.53. The second kappa shape index (κ2) is 9.05. The number of phenolic OH excluding ortho intramolecular Hbond substituents is 1. The third kappa shape index (κ3) is 4.67. The standard InChI is InChI=1S/C20H22N6O5/c1-2-31-15-8-11(10-4-6-14(27)13(7-10)23-9-16(28)29)3-5-12(15)18-24-19(26-22)17(21)20(30)25-18/h3-8,23,27H,2,9,21-22H2,1H3,(H,28,29)(H2,24,25,26,30). The largest absolute Gasteiger partial charge is 0.506 e. The zero-order chi connectivity index (χ0) is 22.5. The van der Waals surface area contributed by atoms with Crippen molar-refractivity contribution in [2.45, 2.75) is 6.92 Å². The van der Waals surface area contributed by atoms with E-state index in [1.165, 1.54) is 6.07 Å². The molecule has 0 aliphatic carbocycles. The summed E-state index contributed by atoms with van der Waals surface area (Å²) in [4.78, 5) is 29.7. The number of anilines is 3. The number of nitrogens with two attached hydrogens (primary N) is 2. The van der Waals surface area contributed by atoms with Gasteiger partial charge in [-0.2, -0.15) is 0 Å². The number of phenols is 1. The first-order valence-corrected chi connectivity index (χ1v) is 9.26. The molecule has 0 atom stereocenters. The number of carbonyl (C=O) groups is 1. The van der Waals surface area contributed by atoms with Crippen molar-refractivity contribution in [3.63, 3.8) is 0 Å². The van der Waals surface area contributed by atoms with Gasteiger partial charge in [-0.25, -0.2) is 10.8 Å². The minimum atomic E-state index is -1.05. The van der Waals surface area contributed by atoms with Crippen molar-refractivity contribution < 1.29 is 19.7 Å². The van der Waals surface area contributed by atoms with Crippen LogP contribution in [0.15, 0.2) is 41.2 Å². The number of hydrogen-bond acceptors (Lipinski definition) is 9. The molecule has 11 nitrogen and oxygen atoms in total. The van der Waals surface area contributed by atoms with E-state index in [0.29, 0.717) is 23.5 Å². The van der Waals surface area contributed by atoms with Crippen LogP contribution in [0.25, 0.3) is 22.5 Å². The fourth-order valence-corrected chi connectivity index (χ4v) is 2.92. The fraction of sp³-hybridized carbons (Fsp3) is 0.150. The molecule has 3 rings (SSSR count). The van der Waals surface area contributed by atoms with E-state index in [2.05, 4.69) is 20.7 Å². The molecular formula is C20H22N6O5. The molecule has 0 aliphatic heterocycles. The number of ether oxygens (including phenoxy) is 1. The van der Waals surface area contributed by atoms with Gasteiger partial charge in [-0.3, -0.25) is 9.59 Å². The number of aromatic nitrogens is 2. The number of benzene rings is 2. The smallest absolute Gasteiger partial charge is 0.322 e. The van der Waals surface area contributed by atoms with Crippen LogP contribution in [0.1, 0.15) is 6.92 Å². The number of nitrogen functional groups attached to an aromatic ring is 2. The normalized spacial score (nSPS) is 10.5. The van der Waals surface area contributed by atoms with E-state index >= 15 is 0 Å². The van der Waals surface area contributed by atoms with Gasteiger partial charge in [0, 0.05) is 0 Å². The highest BCUT2D eigenvalue weighted by molar-refractivity contribution is 5.79. The van der Waals surface area contributed by atoms with Crippen molar-refractivity contribution in [2.75, 3.05) is 29.6 Å². The summed E-state index contributed by atoms with van der Waals surface area (Å²) >= 11 is 0. The highest BCUT2D eigenvalue weighted by Crippen LogP contribution is 2.35. The molecule has 0 bridgehead atoms. The van der Waals surface area contributed by atoms with Crippen LogP contribution in [0.3, 0.4) is 0 Å². The van der Waals surface area contributed by atoms with Gasteiger partial charge in [0.2, 0.25) is 0 Å². The summed E-state index contributed by atoms with van der Waals surface area (Å²) in [5.74, 6) is 4.98. The number of nitrogens with one attached hydrogen (secondary N) is 3. The van der Waals surface area contributed by atoms with Gasteiger partial charge in [0.15, 0.2) is 5.82 Å². The number of nitrogens with zero attached hydrogens (tertiary/aromatic N) is 1. The number of aromatic amines is 1. The van der Waals surface area contributed by atoms with Crippen molar-refractivity contribution in [2.24, 2.45) is 5.84 Å². The second-order valence-corrected chi connectivity index (χ2v) is 6.44. The van der Waals surface area contributed by atoms with Crippen molar-refractivity contribution in [3.8, 4) is 34.0 Å². The lowest BCUT2D eigenvalue weighted by Crippen LogP contribution is -2.20. The van der Waals surface area contributed by atoms with E-state index in [0.717, 1.165) is 5.56 Å². The molecule has 0 spiro atoms. The monoisotopic (exact) mass is 426 g/mol. The van der Waals surface area contributed by atoms with Gasteiger partial charge >= 0.3 is 5.97 Å². The Labute approximate surface area is 176 Å². The molecule has 1 heterocycles. The van der Waals surface area contributed by atoms with Crippen LogP contribution in [0.2, 0.25) is 0 Å². The first-order chi connectivity index (χ1) is 14.8. The molecular weight excluding hydrogens is 404 g/mol. The Morgan fingerprint density at radius 1 is 1.23 bits per heavy atom. The lowest BCUT2D eigenvalue weighted by molar-refractivity contribution is -0.134. The van der Waals surface area contributed by atoms with Crippen molar-refractivity contribution in [1.29, 1.82) is 0 Å². The van der Waals surface area contributed by atoms with E-state index in [4.69, 9.17) is 21.4 Å². The Kier molecular flexibility index (Phi) is 6.26. The summed E-state index contributed by atoms with van der Waals surface area (Å²) in [6, 6.07) is 10.0. The third-order valence-electron chi connectivity index (χ3n) is 4.39. The maximum atomic E-state index is 12.1. The van der Waals surface area contributed by atoms with Gasteiger partial charge in [0.1, 0.15) is 29.6 Å². The zero-order valence-corrected chi connectivity index (χ0v) is 16.6. The lowest BCUT2D eigenvalue weighted by atomic mass is 10.0. The first-order valence-electron chi connectivity index (χ1n) is 9.26. The predicted molar refractivity (Wildman–Crippen MR) is 117 cm³/mol. The Bertz CT molecular complexity index is 1180. The van der Waals surface area contributed by atoms with Gasteiger partial charge < -0.3 is 36.4 Å².